The highest BCUT2D eigenvalue weighted by Crippen LogP contribution is 2.57. The van der Waals surface area contributed by atoms with Crippen LogP contribution < -0.4 is 30.3 Å². The van der Waals surface area contributed by atoms with E-state index in [-0.39, 0.29) is 73.4 Å². The van der Waals surface area contributed by atoms with Crippen LogP contribution >= 0.6 is 7.60 Å². The van der Waals surface area contributed by atoms with Gasteiger partial charge in [0.25, 0.3) is 0 Å². The van der Waals surface area contributed by atoms with Crippen molar-refractivity contribution in [3.05, 3.63) is 84.4 Å². The van der Waals surface area contributed by atoms with Gasteiger partial charge in [-0.15, -0.1) is 0 Å². The molecule has 0 radical (unpaired) electrons. The third-order valence-corrected chi connectivity index (χ3v) is 12.4. The van der Waals surface area contributed by atoms with Gasteiger partial charge in [0.2, 0.25) is 29.5 Å². The SMILES string of the molecule is O=C1CC[C@@H](C(=O)Nc2ccc(OP(=O)(Oc3ccc(NC(=O)[C@@H]4CCC(=O)N4)cc3)[C@@H]3CCCN3C(=O)[C@@H]3CCCN3C(=O)OCc3ccccc3)cc2)N1. The fourth-order valence-corrected chi connectivity index (χ4v) is 9.46. The molecule has 0 aromatic heterocycles. The van der Waals surface area contributed by atoms with Gasteiger partial charge in [-0.25, -0.2) is 9.36 Å². The molecular formula is C39H43N6O10P. The van der Waals surface area contributed by atoms with Gasteiger partial charge in [-0.05, 0) is 92.6 Å². The lowest BCUT2D eigenvalue weighted by Crippen LogP contribution is -2.49. The molecule has 7 rings (SSSR count). The first-order valence-electron chi connectivity index (χ1n) is 18.7. The zero-order valence-corrected chi connectivity index (χ0v) is 31.4. The van der Waals surface area contributed by atoms with Crippen molar-refractivity contribution in [3.63, 3.8) is 0 Å². The van der Waals surface area contributed by atoms with Gasteiger partial charge in [0.05, 0.1) is 0 Å². The summed E-state index contributed by atoms with van der Waals surface area (Å²) in [5.74, 6) is -2.22. The third-order valence-electron chi connectivity index (χ3n) is 10.2. The number of rotatable bonds is 12. The molecule has 294 valence electrons. The van der Waals surface area contributed by atoms with Crippen LogP contribution in [0.15, 0.2) is 78.9 Å². The molecule has 3 aromatic carbocycles. The molecule has 4 heterocycles. The standard InChI is InChI=1S/C39H43N6O10P/c46-33-20-18-30(42-33)36(48)40-26-10-14-28(15-11-26)54-56(52,55-29-16-12-27(13-17-29)41-37(49)31-19-21-34(47)43-31)35-9-5-23-45(35)38(50)32-8-4-22-44(32)39(51)53-24-25-6-2-1-3-7-25/h1-3,6-7,10-17,30-32,35H,4-5,8-9,18-24H2,(H,40,48)(H,41,49)(H,42,46)(H,43,47)/t30-,31-,32-,35+/m0/s1. The molecule has 0 unspecified atom stereocenters. The van der Waals surface area contributed by atoms with E-state index in [1.807, 2.05) is 30.3 Å². The molecule has 17 heteroatoms. The first-order valence-corrected chi connectivity index (χ1v) is 20.3. The molecule has 0 aliphatic carbocycles. The van der Waals surface area contributed by atoms with Crippen LogP contribution in [0.25, 0.3) is 0 Å². The van der Waals surface area contributed by atoms with E-state index in [0.717, 1.165) is 5.56 Å². The molecule has 3 aromatic rings. The number of carbonyl (C=O) groups excluding carboxylic acids is 6. The smallest absolute Gasteiger partial charge is 0.445 e. The largest absolute Gasteiger partial charge is 0.453 e. The van der Waals surface area contributed by atoms with Crippen LogP contribution in [-0.2, 0) is 39.9 Å². The predicted molar refractivity (Wildman–Crippen MR) is 202 cm³/mol. The topological polar surface area (TPSA) is 202 Å². The van der Waals surface area contributed by atoms with Gasteiger partial charge in [-0.1, -0.05) is 30.3 Å². The van der Waals surface area contributed by atoms with E-state index in [1.165, 1.54) is 34.1 Å². The van der Waals surface area contributed by atoms with Gasteiger partial charge < -0.3 is 40.0 Å². The zero-order chi connectivity index (χ0) is 39.2. The van der Waals surface area contributed by atoms with E-state index in [4.69, 9.17) is 13.8 Å². The zero-order valence-electron chi connectivity index (χ0n) is 30.5. The van der Waals surface area contributed by atoms with Crippen molar-refractivity contribution in [1.29, 1.82) is 0 Å². The highest BCUT2D eigenvalue weighted by Gasteiger charge is 2.50. The second-order valence-electron chi connectivity index (χ2n) is 14.1. The Kier molecular flexibility index (Phi) is 11.6. The number of amides is 6. The quantitative estimate of drug-likeness (QED) is 0.189. The second-order valence-corrected chi connectivity index (χ2v) is 16.2. The Hall–Kier alpha value is -5.89. The average molecular weight is 787 g/mol. The average Bonchev–Trinajstić information content (AvgIpc) is 4.04. The van der Waals surface area contributed by atoms with Crippen LogP contribution in [0.2, 0.25) is 0 Å². The van der Waals surface area contributed by atoms with Crippen LogP contribution in [0, 0.1) is 0 Å². The Labute approximate surface area is 323 Å². The van der Waals surface area contributed by atoms with Crippen LogP contribution in [-0.4, -0.2) is 82.4 Å². The Morgan fingerprint density at radius 3 is 1.71 bits per heavy atom. The highest BCUT2D eigenvalue weighted by atomic mass is 31.2. The summed E-state index contributed by atoms with van der Waals surface area (Å²) < 4.78 is 33.1. The van der Waals surface area contributed by atoms with Crippen LogP contribution in [0.5, 0.6) is 11.5 Å². The van der Waals surface area contributed by atoms with Crippen molar-refractivity contribution in [1.82, 2.24) is 20.4 Å². The molecule has 4 fully saturated rings. The number of benzene rings is 3. The fourth-order valence-electron chi connectivity index (χ4n) is 7.28. The first kappa shape index (κ1) is 38.4. The lowest BCUT2D eigenvalue weighted by atomic mass is 10.2. The number of nitrogens with zero attached hydrogens (tertiary/aromatic N) is 2. The Morgan fingerprint density at radius 1 is 0.679 bits per heavy atom. The molecule has 56 heavy (non-hydrogen) atoms. The summed E-state index contributed by atoms with van der Waals surface area (Å²) in [5.41, 5.74) is 1.66. The fraction of sp³-hybridized carbons (Fsp3) is 0.385. The lowest BCUT2D eigenvalue weighted by molar-refractivity contribution is -0.135. The van der Waals surface area contributed by atoms with E-state index in [0.29, 0.717) is 50.0 Å². The van der Waals surface area contributed by atoms with E-state index in [9.17, 15) is 28.8 Å². The van der Waals surface area contributed by atoms with E-state index >= 15 is 4.57 Å². The monoisotopic (exact) mass is 786 g/mol. The second kappa shape index (κ2) is 16.9. The van der Waals surface area contributed by atoms with Crippen molar-refractivity contribution >= 4 is 54.6 Å². The van der Waals surface area contributed by atoms with Crippen LogP contribution in [0.3, 0.4) is 0 Å². The first-order chi connectivity index (χ1) is 27.0. The van der Waals surface area contributed by atoms with Gasteiger partial charge in [-0.2, -0.15) is 0 Å². The number of carbonyl (C=O) groups is 6. The summed E-state index contributed by atoms with van der Waals surface area (Å²) in [4.78, 5) is 78.9. The summed E-state index contributed by atoms with van der Waals surface area (Å²) in [5, 5.41) is 10.8. The molecule has 4 aliphatic heterocycles. The molecule has 6 amide bonds. The third kappa shape index (κ3) is 8.97. The van der Waals surface area contributed by atoms with Crippen molar-refractivity contribution in [2.45, 2.75) is 81.9 Å². The van der Waals surface area contributed by atoms with Crippen LogP contribution in [0.4, 0.5) is 16.2 Å². The Bertz CT molecular complexity index is 1920. The minimum Gasteiger partial charge on any atom is -0.445 e. The van der Waals surface area contributed by atoms with Gasteiger partial charge in [0.1, 0.15) is 36.2 Å². The number of anilines is 2. The summed E-state index contributed by atoms with van der Waals surface area (Å²) in [7, 11) is -4.29. The maximum Gasteiger partial charge on any atom is 0.453 e. The Morgan fingerprint density at radius 2 is 1.20 bits per heavy atom. The predicted octanol–water partition coefficient (Wildman–Crippen LogP) is 4.52. The van der Waals surface area contributed by atoms with Gasteiger partial charge in [0.15, 0.2) is 5.78 Å². The highest BCUT2D eigenvalue weighted by molar-refractivity contribution is 7.55. The number of nitrogens with one attached hydrogen (secondary N) is 4. The molecule has 4 saturated heterocycles. The van der Waals surface area contributed by atoms with Gasteiger partial charge >= 0.3 is 13.7 Å². The van der Waals surface area contributed by atoms with E-state index in [2.05, 4.69) is 21.3 Å². The van der Waals surface area contributed by atoms with E-state index in [1.54, 1.807) is 24.3 Å². The maximum atomic E-state index is 15.1. The normalized spacial score (nSPS) is 21.9. The van der Waals surface area contributed by atoms with Gasteiger partial charge in [0, 0.05) is 37.3 Å². The molecule has 0 bridgehead atoms. The molecule has 0 spiro atoms. The van der Waals surface area contributed by atoms with Crippen molar-refractivity contribution in [3.8, 4) is 11.5 Å². The van der Waals surface area contributed by atoms with Crippen molar-refractivity contribution in [2.24, 2.45) is 0 Å². The molecule has 4 aliphatic rings. The van der Waals surface area contributed by atoms with Crippen molar-refractivity contribution in [2.75, 3.05) is 23.7 Å². The van der Waals surface area contributed by atoms with Crippen LogP contribution in [0.1, 0.15) is 56.9 Å². The Balaban J connectivity index is 1.08. The minimum absolute atomic E-state index is 0.0551. The summed E-state index contributed by atoms with van der Waals surface area (Å²) in [6, 6.07) is 19.5. The molecular weight excluding hydrogens is 743 g/mol. The minimum atomic E-state index is -4.29. The number of hydrogen-bond acceptors (Lipinski definition) is 10. The number of hydrogen-bond donors (Lipinski definition) is 4. The number of ether oxygens (including phenoxy) is 1. The maximum absolute atomic E-state index is 15.1. The summed E-state index contributed by atoms with van der Waals surface area (Å²) in [6.07, 6.45) is 2.51. The van der Waals surface area contributed by atoms with Crippen molar-refractivity contribution < 1.29 is 47.1 Å². The molecule has 0 saturated carbocycles. The van der Waals surface area contributed by atoms with E-state index < -0.39 is 37.6 Å². The number of likely N-dealkylation sites (tertiary alicyclic amines) is 2. The summed E-state index contributed by atoms with van der Waals surface area (Å²) >= 11 is 0. The lowest BCUT2D eigenvalue weighted by Gasteiger charge is -2.34. The summed E-state index contributed by atoms with van der Waals surface area (Å²) in [6.45, 7) is 0.647. The molecule has 4 atom stereocenters. The molecule has 4 N–H and O–H groups in total. The molecule has 16 nitrogen and oxygen atoms in total. The van der Waals surface area contributed by atoms with Gasteiger partial charge in [-0.3, -0.25) is 28.9 Å².